The molecule has 3 atom stereocenters. The van der Waals surface area contributed by atoms with Crippen LogP contribution in [0.2, 0.25) is 0 Å². The summed E-state index contributed by atoms with van der Waals surface area (Å²) in [6.07, 6.45) is 2.76. The van der Waals surface area contributed by atoms with E-state index in [2.05, 4.69) is 12.2 Å². The van der Waals surface area contributed by atoms with E-state index >= 15 is 0 Å². The average Bonchev–Trinajstić information content (AvgIpc) is 2.95. The quantitative estimate of drug-likeness (QED) is 0.757. The van der Waals surface area contributed by atoms with Gasteiger partial charge in [-0.05, 0) is 31.7 Å². The number of likely N-dealkylation sites (N-methyl/N-ethyl adjacent to an activating group) is 1. The van der Waals surface area contributed by atoms with Gasteiger partial charge in [0.05, 0.1) is 6.04 Å². The summed E-state index contributed by atoms with van der Waals surface area (Å²) in [5, 5.41) is 3.26. The van der Waals surface area contributed by atoms with Crippen LogP contribution in [0.1, 0.15) is 26.2 Å². The summed E-state index contributed by atoms with van der Waals surface area (Å²) in [7, 11) is 3.50. The van der Waals surface area contributed by atoms with Gasteiger partial charge in [0.2, 0.25) is 11.8 Å². The minimum Gasteiger partial charge on any atom is -0.347 e. The monoisotopic (exact) mass is 253 g/mol. The lowest BCUT2D eigenvalue weighted by Crippen LogP contribution is -2.52. The maximum atomic E-state index is 12.5. The molecule has 2 heterocycles. The number of carbonyl (C=O) groups is 2. The van der Waals surface area contributed by atoms with Crippen molar-refractivity contribution in [3.8, 4) is 0 Å². The predicted octanol–water partition coefficient (Wildman–Crippen LogP) is 0.0636. The lowest BCUT2D eigenvalue weighted by Gasteiger charge is -2.29. The van der Waals surface area contributed by atoms with E-state index < -0.39 is 0 Å². The number of hydrogen-bond donors (Lipinski definition) is 1. The van der Waals surface area contributed by atoms with Gasteiger partial charge in [-0.25, -0.2) is 0 Å². The maximum absolute atomic E-state index is 12.5. The predicted molar refractivity (Wildman–Crippen MR) is 69.0 cm³/mol. The Hall–Kier alpha value is -1.10. The molecule has 0 aromatic heterocycles. The van der Waals surface area contributed by atoms with Gasteiger partial charge in [0.15, 0.2) is 0 Å². The van der Waals surface area contributed by atoms with E-state index in [1.165, 1.54) is 0 Å². The first-order chi connectivity index (χ1) is 8.52. The molecule has 2 saturated heterocycles. The van der Waals surface area contributed by atoms with Gasteiger partial charge >= 0.3 is 0 Å². The number of likely N-dealkylation sites (tertiary alicyclic amines) is 1. The second-order valence-electron chi connectivity index (χ2n) is 5.62. The lowest BCUT2D eigenvalue weighted by molar-refractivity contribution is -0.143. The largest absolute Gasteiger partial charge is 0.347 e. The van der Waals surface area contributed by atoms with Crippen LogP contribution in [0, 0.1) is 5.92 Å². The summed E-state index contributed by atoms with van der Waals surface area (Å²) in [5.74, 6) is 0.525. The molecule has 5 nitrogen and oxygen atoms in total. The number of nitrogens with one attached hydrogen (secondary N) is 1. The molecule has 0 aromatic rings. The molecule has 0 bridgehead atoms. The van der Waals surface area contributed by atoms with Crippen LogP contribution in [-0.2, 0) is 9.59 Å². The van der Waals surface area contributed by atoms with Gasteiger partial charge < -0.3 is 15.1 Å². The molecule has 0 radical (unpaired) electrons. The third kappa shape index (κ3) is 2.36. The average molecular weight is 253 g/mol. The summed E-state index contributed by atoms with van der Waals surface area (Å²) < 4.78 is 0. The normalized spacial score (nSPS) is 31.7. The molecular formula is C13H23N3O2. The smallest absolute Gasteiger partial charge is 0.244 e. The van der Waals surface area contributed by atoms with Gasteiger partial charge in [-0.2, -0.15) is 0 Å². The molecular weight excluding hydrogens is 230 g/mol. The molecule has 2 aliphatic rings. The molecule has 2 fully saturated rings. The van der Waals surface area contributed by atoms with Crippen molar-refractivity contribution in [1.82, 2.24) is 15.1 Å². The van der Waals surface area contributed by atoms with E-state index in [9.17, 15) is 9.59 Å². The molecule has 0 aliphatic carbocycles. The zero-order chi connectivity index (χ0) is 13.3. The minimum atomic E-state index is -0.248. The van der Waals surface area contributed by atoms with Gasteiger partial charge in [-0.1, -0.05) is 6.92 Å². The molecule has 0 aromatic carbocycles. The highest BCUT2D eigenvalue weighted by Crippen LogP contribution is 2.23. The van der Waals surface area contributed by atoms with E-state index in [0.29, 0.717) is 12.5 Å². The van der Waals surface area contributed by atoms with Crippen LogP contribution in [0.5, 0.6) is 0 Å². The lowest BCUT2D eigenvalue weighted by atomic mass is 10.0. The van der Waals surface area contributed by atoms with Crippen molar-refractivity contribution in [2.75, 3.05) is 27.2 Å². The molecule has 18 heavy (non-hydrogen) atoms. The maximum Gasteiger partial charge on any atom is 0.244 e. The van der Waals surface area contributed by atoms with Crippen LogP contribution in [0.4, 0.5) is 0 Å². The highest BCUT2D eigenvalue weighted by Gasteiger charge is 2.40. The number of nitrogens with zero attached hydrogens (tertiary/aromatic N) is 2. The molecule has 3 unspecified atom stereocenters. The highest BCUT2D eigenvalue weighted by atomic mass is 16.2. The molecule has 102 valence electrons. The zero-order valence-electron chi connectivity index (χ0n) is 11.5. The molecule has 5 heteroatoms. The fourth-order valence-corrected chi connectivity index (χ4v) is 2.93. The molecule has 2 aliphatic heterocycles. The zero-order valence-corrected chi connectivity index (χ0v) is 11.5. The first-order valence-corrected chi connectivity index (χ1v) is 6.77. The van der Waals surface area contributed by atoms with Crippen molar-refractivity contribution in [2.45, 2.75) is 38.3 Å². The summed E-state index contributed by atoms with van der Waals surface area (Å²) in [6.45, 7) is 3.72. The van der Waals surface area contributed by atoms with Gasteiger partial charge in [-0.3, -0.25) is 9.59 Å². The summed E-state index contributed by atoms with van der Waals surface area (Å²) >= 11 is 0. The highest BCUT2D eigenvalue weighted by molar-refractivity contribution is 5.90. The van der Waals surface area contributed by atoms with Crippen molar-refractivity contribution in [3.05, 3.63) is 0 Å². The second kappa shape index (κ2) is 5.26. The fourth-order valence-electron chi connectivity index (χ4n) is 2.93. The Balaban J connectivity index is 2.07. The Kier molecular flexibility index (Phi) is 3.90. The number of amides is 2. The second-order valence-corrected chi connectivity index (χ2v) is 5.62. The fraction of sp³-hybridized carbons (Fsp3) is 0.846. The minimum absolute atomic E-state index is 0.0477. The van der Waals surface area contributed by atoms with Crippen LogP contribution in [0.15, 0.2) is 0 Å². The van der Waals surface area contributed by atoms with Crippen LogP contribution >= 0.6 is 0 Å². The van der Waals surface area contributed by atoms with E-state index in [4.69, 9.17) is 0 Å². The van der Waals surface area contributed by atoms with Gasteiger partial charge in [0.1, 0.15) is 6.04 Å². The van der Waals surface area contributed by atoms with Crippen molar-refractivity contribution >= 4 is 11.8 Å². The van der Waals surface area contributed by atoms with E-state index in [-0.39, 0.29) is 23.9 Å². The van der Waals surface area contributed by atoms with Crippen molar-refractivity contribution in [3.63, 3.8) is 0 Å². The van der Waals surface area contributed by atoms with Crippen LogP contribution in [-0.4, -0.2) is 60.9 Å². The Morgan fingerprint density at radius 1 is 1.28 bits per heavy atom. The van der Waals surface area contributed by atoms with Crippen molar-refractivity contribution in [2.24, 2.45) is 5.92 Å². The van der Waals surface area contributed by atoms with Crippen LogP contribution in [0.3, 0.4) is 0 Å². The molecule has 1 N–H and O–H groups in total. The molecule has 0 saturated carbocycles. The summed E-state index contributed by atoms with van der Waals surface area (Å²) in [6, 6.07) is -0.345. The number of rotatable bonds is 2. The van der Waals surface area contributed by atoms with Crippen molar-refractivity contribution < 1.29 is 9.59 Å². The van der Waals surface area contributed by atoms with Gasteiger partial charge in [0, 0.05) is 20.6 Å². The topological polar surface area (TPSA) is 52.7 Å². The third-order valence-corrected chi connectivity index (χ3v) is 4.06. The van der Waals surface area contributed by atoms with E-state index in [0.717, 1.165) is 25.8 Å². The number of carbonyl (C=O) groups excluding carboxylic acids is 2. The Morgan fingerprint density at radius 3 is 2.56 bits per heavy atom. The summed E-state index contributed by atoms with van der Waals surface area (Å²) in [5.41, 5.74) is 0. The van der Waals surface area contributed by atoms with Crippen LogP contribution in [0.25, 0.3) is 0 Å². The molecule has 0 spiro atoms. The first-order valence-electron chi connectivity index (χ1n) is 6.77. The Bertz CT molecular complexity index is 343. The van der Waals surface area contributed by atoms with Crippen LogP contribution < -0.4 is 5.32 Å². The summed E-state index contributed by atoms with van der Waals surface area (Å²) in [4.78, 5) is 27.9. The van der Waals surface area contributed by atoms with E-state index in [1.54, 1.807) is 23.9 Å². The Morgan fingerprint density at radius 2 is 2.00 bits per heavy atom. The standard InChI is InChI=1S/C13H23N3O2/c1-9-6-7-14-11(9)13(18)16-8-4-5-10(16)12(17)15(2)3/h9-11,14H,4-8H2,1-3H3. The Labute approximate surface area is 108 Å². The van der Waals surface area contributed by atoms with E-state index in [1.807, 2.05) is 0 Å². The number of hydrogen-bond acceptors (Lipinski definition) is 3. The van der Waals surface area contributed by atoms with Gasteiger partial charge in [-0.15, -0.1) is 0 Å². The molecule has 2 amide bonds. The van der Waals surface area contributed by atoms with Gasteiger partial charge in [0.25, 0.3) is 0 Å². The molecule has 2 rings (SSSR count). The SMILES string of the molecule is CC1CCNC1C(=O)N1CCCC1C(=O)N(C)C. The first kappa shape index (κ1) is 13.3. The van der Waals surface area contributed by atoms with Crippen molar-refractivity contribution in [1.29, 1.82) is 0 Å². The third-order valence-electron chi connectivity index (χ3n) is 4.06.